The number of piperidine rings is 1. The number of H-pyrrole nitrogens is 1. The van der Waals surface area contributed by atoms with Crippen LogP contribution < -0.4 is 16.0 Å². The molecule has 1 fully saturated rings. The number of aromatic nitrogens is 3. The lowest BCUT2D eigenvalue weighted by Gasteiger charge is -2.33. The van der Waals surface area contributed by atoms with Crippen LogP contribution in [0, 0.1) is 5.82 Å². The molecule has 7 nitrogen and oxygen atoms in total. The van der Waals surface area contributed by atoms with Gasteiger partial charge in [-0.1, -0.05) is 0 Å². The molecule has 4 N–H and O–H groups in total. The highest BCUT2D eigenvalue weighted by atomic mass is 35.5. The maximum atomic E-state index is 14.7. The number of rotatable bonds is 3. The number of pyridine rings is 2. The summed E-state index contributed by atoms with van der Waals surface area (Å²) >= 11 is 0. The van der Waals surface area contributed by atoms with Gasteiger partial charge in [-0.2, -0.15) is 0 Å². The first-order valence-corrected chi connectivity index (χ1v) is 8.51. The predicted molar refractivity (Wildman–Crippen MR) is 105 cm³/mol. The van der Waals surface area contributed by atoms with Crippen molar-refractivity contribution in [1.29, 1.82) is 0 Å². The minimum Gasteiger partial charge on any atom is -0.367 e. The summed E-state index contributed by atoms with van der Waals surface area (Å²) in [6.07, 6.45) is 7.71. The number of aromatic amines is 1. The quantitative estimate of drug-likeness (QED) is 0.638. The van der Waals surface area contributed by atoms with Crippen LogP contribution in [0.4, 0.5) is 15.8 Å². The van der Waals surface area contributed by atoms with Crippen molar-refractivity contribution in [2.24, 2.45) is 5.73 Å². The Hall–Kier alpha value is -2.71. The summed E-state index contributed by atoms with van der Waals surface area (Å²) < 4.78 is 14.7. The first kappa shape index (κ1) is 19.1. The van der Waals surface area contributed by atoms with Crippen molar-refractivity contribution in [3.63, 3.8) is 0 Å². The number of amides is 1. The summed E-state index contributed by atoms with van der Waals surface area (Å²) in [4.78, 5) is 25.4. The van der Waals surface area contributed by atoms with Crippen LogP contribution in [0.15, 0.2) is 36.9 Å². The molecule has 3 aromatic heterocycles. The Bertz CT molecular complexity index is 948. The molecule has 27 heavy (non-hydrogen) atoms. The fourth-order valence-corrected chi connectivity index (χ4v) is 3.37. The standard InChI is InChI=1S/C18H19FN6O.ClH/c19-13-8-22-17-15(16(13)25-6-2-4-12(20)10-25)14(9-23-17)24-18(26)11-3-1-5-21-7-11;/h1,3,5,7-9,12H,2,4,6,10,20H2,(H,22,23)(H,24,26);1H/t12-;/m1./s1. The van der Waals surface area contributed by atoms with E-state index in [1.807, 2.05) is 4.90 Å². The number of hydrogen-bond donors (Lipinski definition) is 3. The van der Waals surface area contributed by atoms with E-state index in [9.17, 15) is 9.18 Å². The summed E-state index contributed by atoms with van der Waals surface area (Å²) in [5.74, 6) is -0.743. The monoisotopic (exact) mass is 390 g/mol. The van der Waals surface area contributed by atoms with Gasteiger partial charge in [0.2, 0.25) is 0 Å². The zero-order chi connectivity index (χ0) is 18.1. The number of nitrogens with two attached hydrogens (primary N) is 1. The topological polar surface area (TPSA) is 99.9 Å². The number of fused-ring (bicyclic) bond motifs is 1. The lowest BCUT2D eigenvalue weighted by molar-refractivity contribution is 0.102. The second-order valence-electron chi connectivity index (χ2n) is 6.42. The Morgan fingerprint density at radius 1 is 1.41 bits per heavy atom. The van der Waals surface area contributed by atoms with Crippen molar-refractivity contribution < 1.29 is 9.18 Å². The third-order valence-corrected chi connectivity index (χ3v) is 4.58. The maximum Gasteiger partial charge on any atom is 0.257 e. The minimum absolute atomic E-state index is 0. The first-order valence-electron chi connectivity index (χ1n) is 8.51. The van der Waals surface area contributed by atoms with Gasteiger partial charge < -0.3 is 20.9 Å². The van der Waals surface area contributed by atoms with E-state index in [4.69, 9.17) is 5.73 Å². The molecule has 4 rings (SSSR count). The molecule has 0 bridgehead atoms. The van der Waals surface area contributed by atoms with E-state index in [1.165, 1.54) is 12.4 Å². The molecular formula is C18H20ClFN6O. The molecule has 0 aliphatic carbocycles. The smallest absolute Gasteiger partial charge is 0.257 e. The zero-order valence-corrected chi connectivity index (χ0v) is 15.3. The summed E-state index contributed by atoms with van der Waals surface area (Å²) in [7, 11) is 0. The Labute approximate surface area is 161 Å². The Morgan fingerprint density at radius 2 is 2.26 bits per heavy atom. The van der Waals surface area contributed by atoms with Crippen LogP contribution in [-0.2, 0) is 0 Å². The summed E-state index contributed by atoms with van der Waals surface area (Å²) in [5, 5.41) is 3.38. The van der Waals surface area contributed by atoms with Crippen LogP contribution in [0.1, 0.15) is 23.2 Å². The van der Waals surface area contributed by atoms with Crippen LogP contribution in [0.5, 0.6) is 0 Å². The van der Waals surface area contributed by atoms with Gasteiger partial charge in [-0.25, -0.2) is 9.37 Å². The van der Waals surface area contributed by atoms with E-state index in [2.05, 4.69) is 20.3 Å². The van der Waals surface area contributed by atoms with Crippen LogP contribution >= 0.6 is 12.4 Å². The Morgan fingerprint density at radius 3 is 3.00 bits per heavy atom. The second kappa shape index (κ2) is 7.89. The predicted octanol–water partition coefficient (Wildman–Crippen LogP) is 2.70. The molecule has 1 aliphatic rings. The summed E-state index contributed by atoms with van der Waals surface area (Å²) in [5.41, 5.74) is 7.91. The van der Waals surface area contributed by atoms with Crippen LogP contribution in [0.25, 0.3) is 11.0 Å². The SMILES string of the molecule is Cl.N[C@@H]1CCCN(c2c(F)cnc3[nH]cc(NC(=O)c4cccnc4)c23)C1. The fraction of sp³-hybridized carbons (Fsp3) is 0.278. The third-order valence-electron chi connectivity index (χ3n) is 4.58. The van der Waals surface area contributed by atoms with E-state index in [0.717, 1.165) is 12.8 Å². The van der Waals surface area contributed by atoms with Crippen molar-refractivity contribution in [2.45, 2.75) is 18.9 Å². The highest BCUT2D eigenvalue weighted by Gasteiger charge is 2.24. The molecule has 1 atom stereocenters. The van der Waals surface area contributed by atoms with Gasteiger partial charge >= 0.3 is 0 Å². The molecule has 0 saturated carbocycles. The molecule has 3 aromatic rings. The zero-order valence-electron chi connectivity index (χ0n) is 14.5. The Kier molecular flexibility index (Phi) is 5.57. The van der Waals surface area contributed by atoms with E-state index in [1.54, 1.807) is 24.5 Å². The molecule has 9 heteroatoms. The number of carbonyl (C=O) groups is 1. The van der Waals surface area contributed by atoms with Gasteiger partial charge in [-0.15, -0.1) is 12.4 Å². The molecule has 1 aliphatic heterocycles. The van der Waals surface area contributed by atoms with Crippen molar-refractivity contribution in [3.05, 3.63) is 48.3 Å². The molecule has 0 unspecified atom stereocenters. The molecule has 4 heterocycles. The molecule has 1 amide bonds. The van der Waals surface area contributed by atoms with Gasteiger partial charge in [0.1, 0.15) is 5.65 Å². The maximum absolute atomic E-state index is 14.7. The van der Waals surface area contributed by atoms with E-state index >= 15 is 0 Å². The van der Waals surface area contributed by atoms with Gasteiger partial charge in [0.25, 0.3) is 5.91 Å². The highest BCUT2D eigenvalue weighted by Crippen LogP contribution is 2.35. The van der Waals surface area contributed by atoms with Crippen LogP contribution in [0.3, 0.4) is 0 Å². The number of anilines is 2. The summed E-state index contributed by atoms with van der Waals surface area (Å²) in [6.45, 7) is 1.28. The van der Waals surface area contributed by atoms with Gasteiger partial charge in [0, 0.05) is 37.7 Å². The first-order chi connectivity index (χ1) is 12.6. The normalized spacial score (nSPS) is 16.8. The lowest BCUT2D eigenvalue weighted by atomic mass is 10.1. The number of carbonyl (C=O) groups excluding carboxylic acids is 1. The van der Waals surface area contributed by atoms with Crippen LogP contribution in [0.2, 0.25) is 0 Å². The average Bonchev–Trinajstić information content (AvgIpc) is 3.05. The highest BCUT2D eigenvalue weighted by molar-refractivity contribution is 6.11. The van der Waals surface area contributed by atoms with E-state index < -0.39 is 5.82 Å². The van der Waals surface area contributed by atoms with Gasteiger partial charge in [0.15, 0.2) is 5.82 Å². The van der Waals surface area contributed by atoms with Crippen molar-refractivity contribution in [3.8, 4) is 0 Å². The average molecular weight is 391 g/mol. The molecular weight excluding hydrogens is 371 g/mol. The number of halogens is 2. The lowest BCUT2D eigenvalue weighted by Crippen LogP contribution is -2.43. The van der Waals surface area contributed by atoms with Gasteiger partial charge in [-0.3, -0.25) is 9.78 Å². The Balaban J connectivity index is 0.00000210. The number of nitrogens with zero attached hydrogens (tertiary/aromatic N) is 3. The number of nitrogens with one attached hydrogen (secondary N) is 2. The van der Waals surface area contributed by atoms with E-state index in [0.29, 0.717) is 41.1 Å². The molecule has 1 saturated heterocycles. The van der Waals surface area contributed by atoms with Gasteiger partial charge in [0.05, 0.1) is 28.5 Å². The molecule has 0 spiro atoms. The molecule has 142 valence electrons. The third kappa shape index (κ3) is 3.72. The largest absolute Gasteiger partial charge is 0.367 e. The second-order valence-corrected chi connectivity index (χ2v) is 6.42. The van der Waals surface area contributed by atoms with Crippen molar-refractivity contribution in [2.75, 3.05) is 23.3 Å². The molecule has 0 aromatic carbocycles. The van der Waals surface area contributed by atoms with E-state index in [-0.39, 0.29) is 24.4 Å². The summed E-state index contributed by atoms with van der Waals surface area (Å²) in [6, 6.07) is 3.35. The fourth-order valence-electron chi connectivity index (χ4n) is 3.37. The van der Waals surface area contributed by atoms with Crippen molar-refractivity contribution in [1.82, 2.24) is 15.0 Å². The van der Waals surface area contributed by atoms with Crippen LogP contribution in [-0.4, -0.2) is 40.0 Å². The number of hydrogen-bond acceptors (Lipinski definition) is 5. The van der Waals surface area contributed by atoms with Gasteiger partial charge in [-0.05, 0) is 25.0 Å². The van der Waals surface area contributed by atoms with Crippen molar-refractivity contribution >= 4 is 40.7 Å². The molecule has 0 radical (unpaired) electrons. The minimum atomic E-state index is -0.428.